The highest BCUT2D eigenvalue weighted by atomic mass is 16.2. The number of nitrogens with two attached hydrogens (primary N) is 1. The molecule has 14 heavy (non-hydrogen) atoms. The van der Waals surface area contributed by atoms with Crippen molar-refractivity contribution in [3.63, 3.8) is 0 Å². The smallest absolute Gasteiger partial charge is 0.225 e. The van der Waals surface area contributed by atoms with Gasteiger partial charge in [0, 0.05) is 19.5 Å². The summed E-state index contributed by atoms with van der Waals surface area (Å²) in [5.74, 6) is 1.17. The van der Waals surface area contributed by atoms with Gasteiger partial charge in [0.05, 0.1) is 0 Å². The standard InChI is InChI=1S/C11H22N2O/c1-9-5-3-6-10(9)11(14)13(2)8-4-7-12/h9-10H,3-8,12H2,1-2H3. The van der Waals surface area contributed by atoms with Gasteiger partial charge in [-0.15, -0.1) is 0 Å². The molecule has 0 heterocycles. The zero-order valence-corrected chi connectivity index (χ0v) is 9.33. The van der Waals surface area contributed by atoms with E-state index in [1.165, 1.54) is 12.8 Å². The number of hydrogen-bond acceptors (Lipinski definition) is 2. The summed E-state index contributed by atoms with van der Waals surface area (Å²) in [6.45, 7) is 3.66. The number of amides is 1. The van der Waals surface area contributed by atoms with E-state index in [9.17, 15) is 4.79 Å². The second kappa shape index (κ2) is 5.35. The molecule has 1 aliphatic rings. The minimum Gasteiger partial charge on any atom is -0.345 e. The zero-order chi connectivity index (χ0) is 10.6. The van der Waals surface area contributed by atoms with Crippen LogP contribution in [0.5, 0.6) is 0 Å². The van der Waals surface area contributed by atoms with Gasteiger partial charge in [-0.2, -0.15) is 0 Å². The maximum absolute atomic E-state index is 11.9. The Morgan fingerprint density at radius 2 is 2.21 bits per heavy atom. The van der Waals surface area contributed by atoms with Crippen LogP contribution in [0, 0.1) is 11.8 Å². The van der Waals surface area contributed by atoms with E-state index in [4.69, 9.17) is 5.73 Å². The lowest BCUT2D eigenvalue weighted by Crippen LogP contribution is -2.35. The van der Waals surface area contributed by atoms with Gasteiger partial charge < -0.3 is 10.6 Å². The maximum Gasteiger partial charge on any atom is 0.225 e. The summed E-state index contributed by atoms with van der Waals surface area (Å²) < 4.78 is 0. The van der Waals surface area contributed by atoms with Crippen LogP contribution in [-0.4, -0.2) is 30.9 Å². The molecule has 0 bridgehead atoms. The van der Waals surface area contributed by atoms with Crippen molar-refractivity contribution in [2.24, 2.45) is 17.6 Å². The number of rotatable bonds is 4. The van der Waals surface area contributed by atoms with Crippen LogP contribution < -0.4 is 5.73 Å². The van der Waals surface area contributed by atoms with E-state index in [1.54, 1.807) is 0 Å². The van der Waals surface area contributed by atoms with Crippen LogP contribution in [0.4, 0.5) is 0 Å². The number of carbonyl (C=O) groups excluding carboxylic acids is 1. The third-order valence-electron chi connectivity index (χ3n) is 3.25. The zero-order valence-electron chi connectivity index (χ0n) is 9.33. The lowest BCUT2D eigenvalue weighted by atomic mass is 9.97. The maximum atomic E-state index is 11.9. The summed E-state index contributed by atoms with van der Waals surface area (Å²) in [5.41, 5.74) is 5.42. The van der Waals surface area contributed by atoms with Crippen LogP contribution in [0.25, 0.3) is 0 Å². The SMILES string of the molecule is CC1CCCC1C(=O)N(C)CCCN. The molecule has 1 saturated carbocycles. The van der Waals surface area contributed by atoms with Gasteiger partial charge in [-0.3, -0.25) is 4.79 Å². The fraction of sp³-hybridized carbons (Fsp3) is 0.909. The highest BCUT2D eigenvalue weighted by Gasteiger charge is 2.31. The van der Waals surface area contributed by atoms with Crippen LogP contribution in [0.1, 0.15) is 32.6 Å². The summed E-state index contributed by atoms with van der Waals surface area (Å²) in [6, 6.07) is 0. The predicted octanol–water partition coefficient (Wildman–Crippen LogP) is 1.23. The van der Waals surface area contributed by atoms with Gasteiger partial charge in [0.25, 0.3) is 0 Å². The minimum absolute atomic E-state index is 0.276. The van der Waals surface area contributed by atoms with E-state index < -0.39 is 0 Å². The van der Waals surface area contributed by atoms with Gasteiger partial charge in [-0.1, -0.05) is 13.3 Å². The molecule has 1 fully saturated rings. The first-order valence-electron chi connectivity index (χ1n) is 5.62. The third-order valence-corrected chi connectivity index (χ3v) is 3.25. The monoisotopic (exact) mass is 198 g/mol. The summed E-state index contributed by atoms with van der Waals surface area (Å²) in [6.07, 6.45) is 4.40. The van der Waals surface area contributed by atoms with E-state index in [2.05, 4.69) is 6.92 Å². The van der Waals surface area contributed by atoms with Crippen molar-refractivity contribution in [1.29, 1.82) is 0 Å². The Morgan fingerprint density at radius 3 is 2.71 bits per heavy atom. The molecule has 0 aliphatic heterocycles. The number of carbonyl (C=O) groups is 1. The molecule has 0 spiro atoms. The molecule has 1 aliphatic carbocycles. The van der Waals surface area contributed by atoms with Gasteiger partial charge in [0.15, 0.2) is 0 Å². The molecule has 1 rings (SSSR count). The molecular formula is C11H22N2O. The van der Waals surface area contributed by atoms with Crippen LogP contribution >= 0.6 is 0 Å². The highest BCUT2D eigenvalue weighted by molar-refractivity contribution is 5.79. The first-order chi connectivity index (χ1) is 6.66. The molecule has 2 unspecified atom stereocenters. The van der Waals surface area contributed by atoms with Gasteiger partial charge in [0.2, 0.25) is 5.91 Å². The van der Waals surface area contributed by atoms with Crippen LogP contribution in [-0.2, 0) is 4.79 Å². The van der Waals surface area contributed by atoms with E-state index in [1.807, 2.05) is 11.9 Å². The summed E-state index contributed by atoms with van der Waals surface area (Å²) in [4.78, 5) is 13.8. The lowest BCUT2D eigenvalue weighted by molar-refractivity contribution is -0.135. The second-order valence-corrected chi connectivity index (χ2v) is 4.42. The molecule has 3 nitrogen and oxygen atoms in total. The van der Waals surface area contributed by atoms with Gasteiger partial charge in [0.1, 0.15) is 0 Å². The molecule has 0 aromatic carbocycles. The normalized spacial score (nSPS) is 26.5. The van der Waals surface area contributed by atoms with Crippen molar-refractivity contribution in [2.45, 2.75) is 32.6 Å². The second-order valence-electron chi connectivity index (χ2n) is 4.42. The topological polar surface area (TPSA) is 46.3 Å². The quantitative estimate of drug-likeness (QED) is 0.738. The van der Waals surface area contributed by atoms with Crippen LogP contribution in [0.2, 0.25) is 0 Å². The van der Waals surface area contributed by atoms with Crippen molar-refractivity contribution >= 4 is 5.91 Å². The molecule has 2 N–H and O–H groups in total. The fourth-order valence-electron chi connectivity index (χ4n) is 2.23. The fourth-order valence-corrected chi connectivity index (χ4v) is 2.23. The van der Waals surface area contributed by atoms with Gasteiger partial charge in [-0.05, 0) is 31.7 Å². The Bertz CT molecular complexity index is 194. The molecule has 0 aromatic rings. The van der Waals surface area contributed by atoms with Gasteiger partial charge >= 0.3 is 0 Å². The summed E-state index contributed by atoms with van der Waals surface area (Å²) in [7, 11) is 1.89. The van der Waals surface area contributed by atoms with Crippen molar-refractivity contribution < 1.29 is 4.79 Å². The van der Waals surface area contributed by atoms with Crippen molar-refractivity contribution in [2.75, 3.05) is 20.1 Å². The minimum atomic E-state index is 0.276. The van der Waals surface area contributed by atoms with E-state index >= 15 is 0 Å². The molecule has 82 valence electrons. The Hall–Kier alpha value is -0.570. The molecule has 1 amide bonds. The first kappa shape index (κ1) is 11.5. The Balaban J connectivity index is 2.39. The summed E-state index contributed by atoms with van der Waals surface area (Å²) in [5, 5.41) is 0. The van der Waals surface area contributed by atoms with Gasteiger partial charge in [-0.25, -0.2) is 0 Å². The van der Waals surface area contributed by atoms with E-state index in [0.717, 1.165) is 19.4 Å². The molecule has 0 saturated heterocycles. The third kappa shape index (κ3) is 2.71. The number of nitrogens with zero attached hydrogens (tertiary/aromatic N) is 1. The van der Waals surface area contributed by atoms with Crippen molar-refractivity contribution in [3.8, 4) is 0 Å². The van der Waals surface area contributed by atoms with E-state index in [0.29, 0.717) is 18.4 Å². The molecule has 0 radical (unpaired) electrons. The Kier molecular flexibility index (Phi) is 4.39. The molecular weight excluding hydrogens is 176 g/mol. The van der Waals surface area contributed by atoms with Crippen molar-refractivity contribution in [3.05, 3.63) is 0 Å². The highest BCUT2D eigenvalue weighted by Crippen LogP contribution is 2.32. The van der Waals surface area contributed by atoms with E-state index in [-0.39, 0.29) is 5.92 Å². The lowest BCUT2D eigenvalue weighted by Gasteiger charge is -2.23. The van der Waals surface area contributed by atoms with Crippen LogP contribution in [0.3, 0.4) is 0 Å². The van der Waals surface area contributed by atoms with Crippen molar-refractivity contribution in [1.82, 2.24) is 4.90 Å². The average molecular weight is 198 g/mol. The number of hydrogen-bond donors (Lipinski definition) is 1. The molecule has 3 heteroatoms. The average Bonchev–Trinajstić information content (AvgIpc) is 2.59. The first-order valence-corrected chi connectivity index (χ1v) is 5.62. The largest absolute Gasteiger partial charge is 0.345 e. The van der Waals surface area contributed by atoms with Crippen LogP contribution in [0.15, 0.2) is 0 Å². The Labute approximate surface area is 86.6 Å². The predicted molar refractivity (Wildman–Crippen MR) is 57.8 cm³/mol. The summed E-state index contributed by atoms with van der Waals surface area (Å²) >= 11 is 0. The Morgan fingerprint density at radius 1 is 1.50 bits per heavy atom. The molecule has 0 aromatic heterocycles. The molecule has 2 atom stereocenters.